The number of hydrogen-bond donors (Lipinski definition) is 0. The monoisotopic (exact) mass is 580 g/mol. The highest BCUT2D eigenvalue weighted by atomic mass is 32.1. The van der Waals surface area contributed by atoms with Crippen molar-refractivity contribution in [1.29, 1.82) is 0 Å². The average molecular weight is 581 g/mol. The van der Waals surface area contributed by atoms with E-state index < -0.39 is 0 Å². The molecule has 0 atom stereocenters. The molecular formula is C40H24N2OS. The molecule has 0 saturated carbocycles. The molecule has 0 amide bonds. The van der Waals surface area contributed by atoms with E-state index in [1.54, 1.807) is 0 Å². The Morgan fingerprint density at radius 3 is 1.82 bits per heavy atom. The number of nitrogens with zero attached hydrogens (tertiary/aromatic N) is 2. The normalized spacial score (nSPS) is 11.6. The van der Waals surface area contributed by atoms with Crippen LogP contribution in [0.4, 0.5) is 0 Å². The maximum absolute atomic E-state index is 6.19. The Kier molecular flexibility index (Phi) is 5.68. The van der Waals surface area contributed by atoms with E-state index in [2.05, 4.69) is 121 Å². The highest BCUT2D eigenvalue weighted by Crippen LogP contribution is 2.42. The first-order valence-corrected chi connectivity index (χ1v) is 15.5. The first kappa shape index (κ1) is 25.0. The zero-order valence-corrected chi connectivity index (χ0v) is 24.4. The lowest BCUT2D eigenvalue weighted by molar-refractivity contribution is 0.669. The van der Waals surface area contributed by atoms with E-state index >= 15 is 0 Å². The Hall–Kier alpha value is -5.58. The van der Waals surface area contributed by atoms with E-state index in [9.17, 15) is 0 Å². The van der Waals surface area contributed by atoms with Crippen molar-refractivity contribution in [3.8, 4) is 45.0 Å². The molecule has 3 aromatic heterocycles. The number of aromatic nitrogens is 2. The molecule has 0 bridgehead atoms. The topological polar surface area (TPSA) is 38.9 Å². The van der Waals surface area contributed by atoms with Crippen molar-refractivity contribution >= 4 is 53.4 Å². The lowest BCUT2D eigenvalue weighted by Gasteiger charge is -2.10. The fraction of sp³-hybridized carbons (Fsp3) is 0. The van der Waals surface area contributed by atoms with Crippen molar-refractivity contribution in [2.45, 2.75) is 0 Å². The quantitative estimate of drug-likeness (QED) is 0.208. The van der Waals surface area contributed by atoms with Crippen LogP contribution in [0.1, 0.15) is 0 Å². The third-order valence-corrected chi connectivity index (χ3v) is 9.43. The fourth-order valence-electron chi connectivity index (χ4n) is 6.18. The molecule has 0 aliphatic rings. The number of hydrogen-bond acceptors (Lipinski definition) is 4. The van der Waals surface area contributed by atoms with Crippen LogP contribution in [-0.2, 0) is 0 Å². The Morgan fingerprint density at radius 2 is 1.07 bits per heavy atom. The van der Waals surface area contributed by atoms with Crippen LogP contribution in [0, 0.1) is 0 Å². The number of rotatable bonds is 4. The second-order valence-electron chi connectivity index (χ2n) is 11.0. The molecule has 9 aromatic rings. The molecule has 206 valence electrons. The lowest BCUT2D eigenvalue weighted by atomic mass is 10.00. The van der Waals surface area contributed by atoms with Crippen molar-refractivity contribution in [3.63, 3.8) is 0 Å². The summed E-state index contributed by atoms with van der Waals surface area (Å²) in [6, 6.07) is 50.7. The van der Waals surface area contributed by atoms with Gasteiger partial charge >= 0.3 is 0 Å². The predicted octanol–water partition coefficient (Wildman–Crippen LogP) is 11.4. The third kappa shape index (κ3) is 4.11. The Labute approximate surface area is 257 Å². The average Bonchev–Trinajstić information content (AvgIpc) is 3.66. The summed E-state index contributed by atoms with van der Waals surface area (Å²) in [6.45, 7) is 0. The van der Waals surface area contributed by atoms with Crippen molar-refractivity contribution in [2.24, 2.45) is 0 Å². The van der Waals surface area contributed by atoms with Gasteiger partial charge in [0.1, 0.15) is 11.2 Å². The standard InChI is InChI=1S/C40H24N2OS/c1-3-10-25(11-4-1)33-24-34(26-12-5-2-6-13-26)42-40(41-33)32-15-9-17-37-39(32)31-21-19-28(23-38(31)44-37)27-18-20-30-29-14-7-8-16-35(29)43-36(30)22-27/h1-24H. The first-order chi connectivity index (χ1) is 21.8. The maximum atomic E-state index is 6.19. The largest absolute Gasteiger partial charge is 0.456 e. The highest BCUT2D eigenvalue weighted by Gasteiger charge is 2.17. The van der Waals surface area contributed by atoms with Crippen molar-refractivity contribution in [1.82, 2.24) is 9.97 Å². The molecule has 0 saturated heterocycles. The SMILES string of the molecule is c1ccc(-c2cc(-c3ccccc3)nc(-c3cccc4sc5cc(-c6ccc7c(c6)oc6ccccc67)ccc5c34)n2)cc1. The second-order valence-corrected chi connectivity index (χ2v) is 12.1. The molecule has 9 rings (SSSR count). The highest BCUT2D eigenvalue weighted by molar-refractivity contribution is 7.26. The zero-order valence-electron chi connectivity index (χ0n) is 23.6. The Balaban J connectivity index is 1.20. The van der Waals surface area contributed by atoms with Gasteiger partial charge in [0, 0.05) is 47.6 Å². The molecular weight excluding hydrogens is 557 g/mol. The molecule has 0 spiro atoms. The van der Waals surface area contributed by atoms with E-state index in [1.807, 2.05) is 35.6 Å². The van der Waals surface area contributed by atoms with Gasteiger partial charge in [0.15, 0.2) is 5.82 Å². The Bertz CT molecular complexity index is 2440. The molecule has 3 heterocycles. The van der Waals surface area contributed by atoms with Crippen LogP contribution in [0.15, 0.2) is 150 Å². The summed E-state index contributed by atoms with van der Waals surface area (Å²) in [5.74, 6) is 0.731. The van der Waals surface area contributed by atoms with Gasteiger partial charge in [-0.15, -0.1) is 11.3 Å². The van der Waals surface area contributed by atoms with Gasteiger partial charge in [0.2, 0.25) is 0 Å². The number of thiophene rings is 1. The molecule has 0 N–H and O–H groups in total. The number of para-hydroxylation sites is 1. The molecule has 0 fully saturated rings. The van der Waals surface area contributed by atoms with E-state index in [0.717, 1.165) is 61.4 Å². The van der Waals surface area contributed by atoms with Crippen molar-refractivity contribution in [2.75, 3.05) is 0 Å². The minimum Gasteiger partial charge on any atom is -0.456 e. The summed E-state index contributed by atoms with van der Waals surface area (Å²) in [5.41, 5.74) is 9.14. The Morgan fingerprint density at radius 1 is 0.432 bits per heavy atom. The van der Waals surface area contributed by atoms with Gasteiger partial charge < -0.3 is 4.42 Å². The van der Waals surface area contributed by atoms with Crippen LogP contribution in [0.25, 0.3) is 87.1 Å². The molecule has 0 unspecified atom stereocenters. The maximum Gasteiger partial charge on any atom is 0.161 e. The van der Waals surface area contributed by atoms with Gasteiger partial charge in [0.05, 0.1) is 11.4 Å². The molecule has 44 heavy (non-hydrogen) atoms. The van der Waals surface area contributed by atoms with Crippen LogP contribution >= 0.6 is 11.3 Å². The summed E-state index contributed by atoms with van der Waals surface area (Å²) in [5, 5.41) is 4.69. The van der Waals surface area contributed by atoms with Crippen LogP contribution in [0.3, 0.4) is 0 Å². The smallest absolute Gasteiger partial charge is 0.161 e. The first-order valence-electron chi connectivity index (χ1n) is 14.7. The van der Waals surface area contributed by atoms with Gasteiger partial charge in [-0.3, -0.25) is 0 Å². The van der Waals surface area contributed by atoms with Crippen LogP contribution < -0.4 is 0 Å². The van der Waals surface area contributed by atoms with E-state index in [0.29, 0.717) is 0 Å². The van der Waals surface area contributed by atoms with Crippen LogP contribution in [0.5, 0.6) is 0 Å². The fourth-order valence-corrected chi connectivity index (χ4v) is 7.35. The van der Waals surface area contributed by atoms with Gasteiger partial charge in [-0.25, -0.2) is 9.97 Å². The number of furan rings is 1. The third-order valence-electron chi connectivity index (χ3n) is 8.32. The van der Waals surface area contributed by atoms with Gasteiger partial charge in [0.25, 0.3) is 0 Å². The molecule has 0 aliphatic heterocycles. The minimum atomic E-state index is 0.731. The molecule has 0 radical (unpaired) electrons. The summed E-state index contributed by atoms with van der Waals surface area (Å²) in [6.07, 6.45) is 0. The minimum absolute atomic E-state index is 0.731. The predicted molar refractivity (Wildman–Crippen MR) is 184 cm³/mol. The number of benzene rings is 6. The van der Waals surface area contributed by atoms with Crippen molar-refractivity contribution in [3.05, 3.63) is 146 Å². The summed E-state index contributed by atoms with van der Waals surface area (Å²) in [7, 11) is 0. The van der Waals surface area contributed by atoms with Gasteiger partial charge in [-0.1, -0.05) is 109 Å². The molecule has 0 aliphatic carbocycles. The number of fused-ring (bicyclic) bond motifs is 6. The zero-order chi connectivity index (χ0) is 29.0. The van der Waals surface area contributed by atoms with Crippen molar-refractivity contribution < 1.29 is 4.42 Å². The molecule has 4 heteroatoms. The van der Waals surface area contributed by atoms with Crippen LogP contribution in [0.2, 0.25) is 0 Å². The summed E-state index contributed by atoms with van der Waals surface area (Å²) in [4.78, 5) is 10.3. The van der Waals surface area contributed by atoms with Gasteiger partial charge in [-0.2, -0.15) is 0 Å². The lowest BCUT2D eigenvalue weighted by Crippen LogP contribution is -1.96. The van der Waals surface area contributed by atoms with E-state index in [-0.39, 0.29) is 0 Å². The summed E-state index contributed by atoms with van der Waals surface area (Å²) >= 11 is 1.81. The molecule has 3 nitrogen and oxygen atoms in total. The van der Waals surface area contributed by atoms with E-state index in [1.165, 1.54) is 25.7 Å². The molecule has 6 aromatic carbocycles. The van der Waals surface area contributed by atoms with Crippen LogP contribution in [-0.4, -0.2) is 9.97 Å². The second kappa shape index (κ2) is 10.0. The van der Waals surface area contributed by atoms with Gasteiger partial charge in [-0.05, 0) is 47.5 Å². The van der Waals surface area contributed by atoms with E-state index in [4.69, 9.17) is 14.4 Å². The summed E-state index contributed by atoms with van der Waals surface area (Å²) < 4.78 is 8.64.